The summed E-state index contributed by atoms with van der Waals surface area (Å²) >= 11 is 0. The summed E-state index contributed by atoms with van der Waals surface area (Å²) in [6.07, 6.45) is 2.10. The number of esters is 1. The van der Waals surface area contributed by atoms with Gasteiger partial charge in [-0.2, -0.15) is 5.10 Å². The average molecular weight is 385 g/mol. The number of carbonyl (C=O) groups excluding carboxylic acids is 2. The number of nitro groups is 1. The number of hydrogen-bond donors (Lipinski definition) is 1. The first-order chi connectivity index (χ1) is 13.5. The van der Waals surface area contributed by atoms with Gasteiger partial charge >= 0.3 is 5.97 Å². The molecule has 0 saturated carbocycles. The molecule has 0 spiro atoms. The third-order valence-corrected chi connectivity index (χ3v) is 3.40. The highest BCUT2D eigenvalue weighted by atomic mass is 16.6. The molecule has 0 unspecified atom stereocenters. The quantitative estimate of drug-likeness (QED) is 0.307. The van der Waals surface area contributed by atoms with E-state index in [2.05, 4.69) is 10.5 Å². The molecule has 2 aromatic carbocycles. The van der Waals surface area contributed by atoms with Crippen molar-refractivity contribution in [3.05, 3.63) is 69.8 Å². The minimum Gasteiger partial charge on any atom is -0.484 e. The summed E-state index contributed by atoms with van der Waals surface area (Å²) in [5, 5.41) is 14.3. The van der Waals surface area contributed by atoms with E-state index in [0.29, 0.717) is 23.5 Å². The Labute approximate surface area is 161 Å². The number of non-ortho nitro benzene ring substituents is 1. The monoisotopic (exact) mass is 385 g/mol. The summed E-state index contributed by atoms with van der Waals surface area (Å²) in [5.41, 5.74) is 3.26. The Balaban J connectivity index is 1.77. The fraction of sp³-hybridized carbons (Fsp3) is 0.211. The maximum absolute atomic E-state index is 11.7. The van der Waals surface area contributed by atoms with Gasteiger partial charge in [0.1, 0.15) is 5.75 Å². The zero-order chi connectivity index (χ0) is 20.4. The second-order valence-electron chi connectivity index (χ2n) is 5.59. The average Bonchev–Trinajstić information content (AvgIpc) is 2.71. The molecule has 2 rings (SSSR count). The standard InChI is InChI=1S/C19H19N3O6/c1-2-11-27-19(24)15-5-9-17(10-6-15)28-13-18(23)21-20-12-14-3-7-16(8-4-14)22(25)26/h3-10,12H,2,11,13H2,1H3,(H,21,23). The van der Waals surface area contributed by atoms with Crippen LogP contribution >= 0.6 is 0 Å². The number of hydrogen-bond acceptors (Lipinski definition) is 7. The largest absolute Gasteiger partial charge is 0.484 e. The van der Waals surface area contributed by atoms with Crippen molar-refractivity contribution in [2.24, 2.45) is 5.10 Å². The molecule has 146 valence electrons. The smallest absolute Gasteiger partial charge is 0.338 e. The van der Waals surface area contributed by atoms with Crippen molar-refractivity contribution in [3.63, 3.8) is 0 Å². The molecule has 1 amide bonds. The molecule has 9 heteroatoms. The van der Waals surface area contributed by atoms with Crippen molar-refractivity contribution < 1.29 is 24.0 Å². The van der Waals surface area contributed by atoms with E-state index in [9.17, 15) is 19.7 Å². The first-order valence-electron chi connectivity index (χ1n) is 8.46. The summed E-state index contributed by atoms with van der Waals surface area (Å²) in [6, 6.07) is 11.9. The molecule has 9 nitrogen and oxygen atoms in total. The number of benzene rings is 2. The van der Waals surface area contributed by atoms with Crippen LogP contribution in [0, 0.1) is 10.1 Å². The van der Waals surface area contributed by atoms with Gasteiger partial charge in [0.2, 0.25) is 0 Å². The van der Waals surface area contributed by atoms with Crippen molar-refractivity contribution in [1.29, 1.82) is 0 Å². The van der Waals surface area contributed by atoms with Crippen molar-refractivity contribution in [3.8, 4) is 5.75 Å². The fourth-order valence-electron chi connectivity index (χ4n) is 2.01. The van der Waals surface area contributed by atoms with Gasteiger partial charge in [0.15, 0.2) is 6.61 Å². The van der Waals surface area contributed by atoms with E-state index in [4.69, 9.17) is 9.47 Å². The second kappa shape index (κ2) is 10.4. The Kier molecular flexibility index (Phi) is 7.64. The number of hydrazone groups is 1. The Bertz CT molecular complexity index is 847. The second-order valence-corrected chi connectivity index (χ2v) is 5.59. The van der Waals surface area contributed by atoms with Gasteiger partial charge in [0, 0.05) is 12.1 Å². The molecule has 28 heavy (non-hydrogen) atoms. The number of amides is 1. The zero-order valence-electron chi connectivity index (χ0n) is 15.2. The van der Waals surface area contributed by atoms with Crippen LogP contribution in [-0.2, 0) is 9.53 Å². The van der Waals surface area contributed by atoms with Crippen molar-refractivity contribution in [2.45, 2.75) is 13.3 Å². The SMILES string of the molecule is CCCOC(=O)c1ccc(OCC(=O)NN=Cc2ccc([N+](=O)[O-])cc2)cc1. The molecular weight excluding hydrogens is 366 g/mol. The molecule has 0 heterocycles. The van der Waals surface area contributed by atoms with Crippen molar-refractivity contribution in [2.75, 3.05) is 13.2 Å². The number of carbonyl (C=O) groups is 2. The summed E-state index contributed by atoms with van der Waals surface area (Å²) in [5.74, 6) is -0.474. The van der Waals surface area contributed by atoms with E-state index >= 15 is 0 Å². The number of nitrogens with zero attached hydrogens (tertiary/aromatic N) is 2. The molecule has 0 radical (unpaired) electrons. The van der Waals surface area contributed by atoms with Gasteiger partial charge in [-0.05, 0) is 48.4 Å². The van der Waals surface area contributed by atoms with Crippen LogP contribution in [0.1, 0.15) is 29.3 Å². The number of nitrogens with one attached hydrogen (secondary N) is 1. The van der Waals surface area contributed by atoms with Gasteiger partial charge < -0.3 is 9.47 Å². The predicted octanol–water partition coefficient (Wildman–Crippen LogP) is 2.69. The van der Waals surface area contributed by atoms with Crippen LogP contribution in [0.4, 0.5) is 5.69 Å². The van der Waals surface area contributed by atoms with Crippen molar-refractivity contribution >= 4 is 23.8 Å². The maximum Gasteiger partial charge on any atom is 0.338 e. The van der Waals surface area contributed by atoms with Gasteiger partial charge in [-0.15, -0.1) is 0 Å². The highest BCUT2D eigenvalue weighted by Crippen LogP contribution is 2.13. The molecule has 1 N–H and O–H groups in total. The topological polar surface area (TPSA) is 120 Å². The van der Waals surface area contributed by atoms with Gasteiger partial charge in [-0.3, -0.25) is 14.9 Å². The van der Waals surface area contributed by atoms with Crippen molar-refractivity contribution in [1.82, 2.24) is 5.43 Å². The van der Waals surface area contributed by atoms with Crippen LogP contribution in [0.3, 0.4) is 0 Å². The lowest BCUT2D eigenvalue weighted by molar-refractivity contribution is -0.384. The zero-order valence-corrected chi connectivity index (χ0v) is 15.2. The minimum atomic E-state index is -0.499. The molecule has 0 aliphatic carbocycles. The van der Waals surface area contributed by atoms with Gasteiger partial charge in [0.25, 0.3) is 11.6 Å². The number of nitro benzene ring substituents is 1. The Hall–Kier alpha value is -3.75. The molecular formula is C19H19N3O6. The van der Waals surface area contributed by atoms with Crippen LogP contribution < -0.4 is 10.2 Å². The highest BCUT2D eigenvalue weighted by Gasteiger charge is 2.07. The Morgan fingerprint density at radius 2 is 1.82 bits per heavy atom. The van der Waals surface area contributed by atoms with Crippen LogP contribution in [0.15, 0.2) is 53.6 Å². The molecule has 0 aliphatic heterocycles. The lowest BCUT2D eigenvalue weighted by atomic mass is 10.2. The lowest BCUT2D eigenvalue weighted by Crippen LogP contribution is -2.24. The highest BCUT2D eigenvalue weighted by molar-refractivity contribution is 5.89. The third kappa shape index (κ3) is 6.52. The molecule has 0 saturated heterocycles. The maximum atomic E-state index is 11.7. The minimum absolute atomic E-state index is 0.0285. The van der Waals surface area contributed by atoms with E-state index in [1.54, 1.807) is 24.3 Å². The summed E-state index contributed by atoms with van der Waals surface area (Å²) < 4.78 is 10.3. The molecule has 0 bridgehead atoms. The van der Waals surface area contributed by atoms with Crippen LogP contribution in [0.2, 0.25) is 0 Å². The number of rotatable bonds is 9. The van der Waals surface area contributed by atoms with Gasteiger partial charge in [-0.25, -0.2) is 10.2 Å². The molecule has 0 fully saturated rings. The van der Waals surface area contributed by atoms with E-state index < -0.39 is 16.8 Å². The van der Waals surface area contributed by atoms with Crippen LogP contribution in [-0.4, -0.2) is 36.2 Å². The van der Waals surface area contributed by atoms with E-state index in [0.717, 1.165) is 6.42 Å². The third-order valence-electron chi connectivity index (χ3n) is 3.40. The molecule has 0 aromatic heterocycles. The van der Waals surface area contributed by atoms with E-state index in [1.807, 2.05) is 6.92 Å². The predicted molar refractivity (Wildman–Crippen MR) is 101 cm³/mol. The lowest BCUT2D eigenvalue weighted by Gasteiger charge is -2.06. The Morgan fingerprint density at radius 1 is 1.14 bits per heavy atom. The van der Waals surface area contributed by atoms with E-state index in [1.165, 1.54) is 30.5 Å². The summed E-state index contributed by atoms with van der Waals surface area (Å²) in [6.45, 7) is 2.00. The first-order valence-corrected chi connectivity index (χ1v) is 8.46. The summed E-state index contributed by atoms with van der Waals surface area (Å²) in [4.78, 5) is 33.5. The molecule has 0 atom stereocenters. The number of ether oxygens (including phenoxy) is 2. The van der Waals surface area contributed by atoms with Gasteiger partial charge in [-0.1, -0.05) is 6.92 Å². The van der Waals surface area contributed by atoms with Crippen LogP contribution in [0.25, 0.3) is 0 Å². The molecule has 2 aromatic rings. The van der Waals surface area contributed by atoms with E-state index in [-0.39, 0.29) is 12.3 Å². The van der Waals surface area contributed by atoms with Crippen LogP contribution in [0.5, 0.6) is 5.75 Å². The fourth-order valence-corrected chi connectivity index (χ4v) is 2.01. The first kappa shape index (κ1) is 20.6. The van der Waals surface area contributed by atoms with Gasteiger partial charge in [0.05, 0.1) is 23.3 Å². The molecule has 0 aliphatic rings. The normalized spacial score (nSPS) is 10.5. The Morgan fingerprint density at radius 3 is 2.43 bits per heavy atom. The summed E-state index contributed by atoms with van der Waals surface area (Å²) in [7, 11) is 0.